The zero-order valence-electron chi connectivity index (χ0n) is 9.13. The van der Waals surface area contributed by atoms with Gasteiger partial charge in [-0.15, -0.1) is 0 Å². The average molecular weight is 232 g/mol. The van der Waals surface area contributed by atoms with Gasteiger partial charge in [0.2, 0.25) is 0 Å². The topological polar surface area (TPSA) is 72.9 Å². The van der Waals surface area contributed by atoms with Crippen LogP contribution in [0.5, 0.6) is 0 Å². The van der Waals surface area contributed by atoms with Crippen molar-refractivity contribution >= 4 is 11.6 Å². The van der Waals surface area contributed by atoms with Crippen LogP contribution >= 0.6 is 0 Å². The van der Waals surface area contributed by atoms with Crippen molar-refractivity contribution in [2.45, 2.75) is 26.8 Å². The van der Waals surface area contributed by atoms with E-state index in [-0.39, 0.29) is 11.4 Å². The number of nitrogen functional groups attached to an aromatic ring is 1. The molecule has 5 nitrogen and oxygen atoms in total. The number of hydrogen-bond donors (Lipinski definition) is 2. The molecule has 90 valence electrons. The van der Waals surface area contributed by atoms with E-state index in [1.165, 1.54) is 4.68 Å². The largest absolute Gasteiger partial charge is 0.395 e. The highest BCUT2D eigenvalue weighted by Gasteiger charge is 2.19. The fourth-order valence-electron chi connectivity index (χ4n) is 1.32. The van der Waals surface area contributed by atoms with Crippen LogP contribution in [0.1, 0.15) is 23.1 Å². The van der Waals surface area contributed by atoms with E-state index < -0.39 is 18.9 Å². The van der Waals surface area contributed by atoms with E-state index in [2.05, 4.69) is 10.4 Å². The molecule has 7 heteroatoms. The standard InChI is InChI=1S/C9H14F2N4O/c1-3-15-8(7(12)5(2)14-15)9(16)13-4-6(10)11/h6H,3-4,12H2,1-2H3,(H,13,16). The molecule has 0 aliphatic heterocycles. The number of carbonyl (C=O) groups is 1. The molecule has 0 atom stereocenters. The molecule has 0 spiro atoms. The number of nitrogens with zero attached hydrogens (tertiary/aromatic N) is 2. The minimum atomic E-state index is -2.58. The predicted molar refractivity (Wildman–Crippen MR) is 55.4 cm³/mol. The maximum absolute atomic E-state index is 11.9. The number of aromatic nitrogens is 2. The Labute approximate surface area is 91.6 Å². The number of rotatable bonds is 4. The minimum absolute atomic E-state index is 0.139. The second-order valence-electron chi connectivity index (χ2n) is 3.26. The van der Waals surface area contributed by atoms with Crippen molar-refractivity contribution in [2.75, 3.05) is 12.3 Å². The van der Waals surface area contributed by atoms with Crippen LogP contribution < -0.4 is 11.1 Å². The fourth-order valence-corrected chi connectivity index (χ4v) is 1.32. The number of alkyl halides is 2. The van der Waals surface area contributed by atoms with Crippen molar-refractivity contribution in [3.8, 4) is 0 Å². The van der Waals surface area contributed by atoms with Crippen LogP contribution in [0.15, 0.2) is 0 Å². The molecule has 1 aromatic heterocycles. The predicted octanol–water partition coefficient (Wildman–Crippen LogP) is 0.789. The molecule has 1 heterocycles. The van der Waals surface area contributed by atoms with Crippen LogP contribution in [-0.4, -0.2) is 28.7 Å². The van der Waals surface area contributed by atoms with Gasteiger partial charge in [0.1, 0.15) is 5.69 Å². The highest BCUT2D eigenvalue weighted by atomic mass is 19.3. The summed E-state index contributed by atoms with van der Waals surface area (Å²) in [6.45, 7) is 3.21. The molecule has 0 unspecified atom stereocenters. The lowest BCUT2D eigenvalue weighted by atomic mass is 10.3. The Morgan fingerprint density at radius 3 is 2.75 bits per heavy atom. The van der Waals surface area contributed by atoms with Crippen molar-refractivity contribution < 1.29 is 13.6 Å². The molecular formula is C9H14F2N4O. The van der Waals surface area contributed by atoms with Gasteiger partial charge in [-0.1, -0.05) is 0 Å². The van der Waals surface area contributed by atoms with Crippen molar-refractivity contribution in [1.29, 1.82) is 0 Å². The molecule has 0 saturated heterocycles. The molecule has 0 bridgehead atoms. The van der Waals surface area contributed by atoms with E-state index in [1.54, 1.807) is 13.8 Å². The number of halogens is 2. The zero-order valence-corrected chi connectivity index (χ0v) is 9.13. The van der Waals surface area contributed by atoms with E-state index in [1.807, 2.05) is 0 Å². The molecule has 0 saturated carbocycles. The quantitative estimate of drug-likeness (QED) is 0.806. The summed E-state index contributed by atoms with van der Waals surface area (Å²) < 4.78 is 25.3. The highest BCUT2D eigenvalue weighted by Crippen LogP contribution is 2.16. The lowest BCUT2D eigenvalue weighted by molar-refractivity contribution is 0.0882. The number of nitrogens with one attached hydrogen (secondary N) is 1. The monoisotopic (exact) mass is 232 g/mol. The number of amides is 1. The van der Waals surface area contributed by atoms with Gasteiger partial charge in [-0.3, -0.25) is 9.48 Å². The maximum atomic E-state index is 11.9. The number of nitrogens with two attached hydrogens (primary N) is 1. The second-order valence-corrected chi connectivity index (χ2v) is 3.26. The van der Waals surface area contributed by atoms with Gasteiger partial charge in [-0.05, 0) is 13.8 Å². The van der Waals surface area contributed by atoms with Crippen LogP contribution in [0, 0.1) is 6.92 Å². The first-order chi connectivity index (χ1) is 7.47. The van der Waals surface area contributed by atoms with Crippen molar-refractivity contribution in [1.82, 2.24) is 15.1 Å². The molecule has 0 aliphatic rings. The van der Waals surface area contributed by atoms with E-state index in [0.717, 1.165) is 0 Å². The molecule has 0 fully saturated rings. The van der Waals surface area contributed by atoms with Gasteiger partial charge in [0.25, 0.3) is 12.3 Å². The van der Waals surface area contributed by atoms with Crippen LogP contribution in [0.25, 0.3) is 0 Å². The molecule has 1 amide bonds. The van der Waals surface area contributed by atoms with Gasteiger partial charge in [-0.25, -0.2) is 8.78 Å². The first kappa shape index (κ1) is 12.4. The van der Waals surface area contributed by atoms with Gasteiger partial charge in [0, 0.05) is 6.54 Å². The average Bonchev–Trinajstić information content (AvgIpc) is 2.51. The summed E-state index contributed by atoms with van der Waals surface area (Å²) in [5, 5.41) is 6.12. The summed E-state index contributed by atoms with van der Waals surface area (Å²) in [6, 6.07) is 0. The Balaban J connectivity index is 2.89. The van der Waals surface area contributed by atoms with Crippen LogP contribution in [0.3, 0.4) is 0 Å². The summed E-state index contributed by atoms with van der Waals surface area (Å²) in [5.74, 6) is -0.625. The Bertz CT molecular complexity index is 389. The summed E-state index contributed by atoms with van der Waals surface area (Å²) in [7, 11) is 0. The fraction of sp³-hybridized carbons (Fsp3) is 0.556. The van der Waals surface area contributed by atoms with Gasteiger partial charge < -0.3 is 11.1 Å². The number of carbonyl (C=O) groups excluding carboxylic acids is 1. The van der Waals surface area contributed by atoms with Crippen molar-refractivity contribution in [2.24, 2.45) is 0 Å². The summed E-state index contributed by atoms with van der Waals surface area (Å²) in [6.07, 6.45) is -2.58. The number of hydrogen-bond acceptors (Lipinski definition) is 3. The molecule has 3 N–H and O–H groups in total. The Hall–Kier alpha value is -1.66. The third-order valence-corrected chi connectivity index (χ3v) is 2.11. The number of aryl methyl sites for hydroxylation is 2. The van der Waals surface area contributed by atoms with Crippen LogP contribution in [0.2, 0.25) is 0 Å². The smallest absolute Gasteiger partial charge is 0.271 e. The lowest BCUT2D eigenvalue weighted by Gasteiger charge is -2.06. The SMILES string of the molecule is CCn1nc(C)c(N)c1C(=O)NCC(F)F. The Morgan fingerprint density at radius 2 is 2.25 bits per heavy atom. The third kappa shape index (κ3) is 2.47. The molecule has 16 heavy (non-hydrogen) atoms. The van der Waals surface area contributed by atoms with Crippen LogP contribution in [-0.2, 0) is 6.54 Å². The van der Waals surface area contributed by atoms with Gasteiger partial charge in [0.15, 0.2) is 0 Å². The van der Waals surface area contributed by atoms with Crippen LogP contribution in [0.4, 0.5) is 14.5 Å². The van der Waals surface area contributed by atoms with E-state index in [9.17, 15) is 13.6 Å². The Kier molecular flexibility index (Phi) is 3.81. The first-order valence-corrected chi connectivity index (χ1v) is 4.86. The van der Waals surface area contributed by atoms with Crippen molar-refractivity contribution in [3.63, 3.8) is 0 Å². The van der Waals surface area contributed by atoms with Crippen molar-refractivity contribution in [3.05, 3.63) is 11.4 Å². The molecule has 0 aliphatic carbocycles. The van der Waals surface area contributed by atoms with E-state index in [4.69, 9.17) is 5.73 Å². The second kappa shape index (κ2) is 4.91. The Morgan fingerprint density at radius 1 is 1.62 bits per heavy atom. The first-order valence-electron chi connectivity index (χ1n) is 4.86. The normalized spacial score (nSPS) is 10.8. The molecule has 0 aromatic carbocycles. The zero-order chi connectivity index (χ0) is 12.3. The highest BCUT2D eigenvalue weighted by molar-refractivity contribution is 5.97. The minimum Gasteiger partial charge on any atom is -0.395 e. The molecular weight excluding hydrogens is 218 g/mol. The van der Waals surface area contributed by atoms with E-state index in [0.29, 0.717) is 12.2 Å². The van der Waals surface area contributed by atoms with Gasteiger partial charge >= 0.3 is 0 Å². The van der Waals surface area contributed by atoms with E-state index >= 15 is 0 Å². The third-order valence-electron chi connectivity index (χ3n) is 2.11. The molecule has 1 rings (SSSR count). The maximum Gasteiger partial charge on any atom is 0.271 e. The summed E-state index contributed by atoms with van der Waals surface area (Å²) >= 11 is 0. The summed E-state index contributed by atoms with van der Waals surface area (Å²) in [5.41, 5.74) is 6.54. The molecule has 1 aromatic rings. The molecule has 0 radical (unpaired) electrons. The lowest BCUT2D eigenvalue weighted by Crippen LogP contribution is -2.31. The van der Waals surface area contributed by atoms with Gasteiger partial charge in [-0.2, -0.15) is 5.10 Å². The van der Waals surface area contributed by atoms with Gasteiger partial charge in [0.05, 0.1) is 17.9 Å². The summed E-state index contributed by atoms with van der Waals surface area (Å²) in [4.78, 5) is 11.6. The number of anilines is 1.